The van der Waals surface area contributed by atoms with Gasteiger partial charge in [0.15, 0.2) is 0 Å². The zero-order chi connectivity index (χ0) is 17.0. The lowest BCUT2D eigenvalue weighted by molar-refractivity contribution is 0.0596. The SMILES string of the molecule is CNCC1CCN(S(=O)(=O)c2ccc(C)cc2C(=O)OC)CC1.Cl. The van der Waals surface area contributed by atoms with Crippen molar-refractivity contribution in [3.63, 3.8) is 0 Å². The molecule has 0 aromatic heterocycles. The lowest BCUT2D eigenvalue weighted by atomic mass is 9.98. The predicted molar refractivity (Wildman–Crippen MR) is 95.2 cm³/mol. The second-order valence-electron chi connectivity index (χ2n) is 5.90. The Morgan fingerprint density at radius 3 is 2.50 bits per heavy atom. The first-order chi connectivity index (χ1) is 10.9. The average Bonchev–Trinajstić information content (AvgIpc) is 2.54. The van der Waals surface area contributed by atoms with Gasteiger partial charge in [0.25, 0.3) is 0 Å². The van der Waals surface area contributed by atoms with E-state index in [1.807, 2.05) is 14.0 Å². The number of rotatable bonds is 5. The van der Waals surface area contributed by atoms with E-state index in [1.54, 1.807) is 12.1 Å². The van der Waals surface area contributed by atoms with Crippen molar-refractivity contribution >= 4 is 28.4 Å². The number of nitrogens with zero attached hydrogens (tertiary/aromatic N) is 1. The molecule has 8 heteroatoms. The molecule has 24 heavy (non-hydrogen) atoms. The minimum Gasteiger partial charge on any atom is -0.465 e. The standard InChI is InChI=1S/C16H24N2O4S.ClH/c1-12-4-5-15(14(10-12)16(19)22-3)23(20,21)18-8-6-13(7-9-18)11-17-2;/h4-5,10,13,17H,6-9,11H2,1-3H3;1H. The van der Waals surface area contributed by atoms with Crippen LogP contribution in [0.25, 0.3) is 0 Å². The van der Waals surface area contributed by atoms with Crippen LogP contribution in [0.2, 0.25) is 0 Å². The lowest BCUT2D eigenvalue weighted by Crippen LogP contribution is -2.40. The van der Waals surface area contributed by atoms with Gasteiger partial charge in [0.1, 0.15) is 0 Å². The van der Waals surface area contributed by atoms with Crippen LogP contribution in [0, 0.1) is 12.8 Å². The molecule has 1 aromatic carbocycles. The number of methoxy groups -OCH3 is 1. The monoisotopic (exact) mass is 376 g/mol. The Labute approximate surface area is 150 Å². The van der Waals surface area contributed by atoms with E-state index in [0.29, 0.717) is 19.0 Å². The van der Waals surface area contributed by atoms with Gasteiger partial charge in [-0.1, -0.05) is 11.6 Å². The van der Waals surface area contributed by atoms with Gasteiger partial charge < -0.3 is 10.1 Å². The maximum absolute atomic E-state index is 12.9. The molecule has 0 unspecified atom stereocenters. The molecule has 0 spiro atoms. The van der Waals surface area contributed by atoms with Crippen molar-refractivity contribution in [1.29, 1.82) is 0 Å². The maximum Gasteiger partial charge on any atom is 0.339 e. The van der Waals surface area contributed by atoms with E-state index in [-0.39, 0.29) is 22.9 Å². The Bertz CT molecular complexity index is 671. The number of piperidine rings is 1. The number of halogens is 1. The lowest BCUT2D eigenvalue weighted by Gasteiger charge is -2.31. The van der Waals surface area contributed by atoms with Crippen LogP contribution in [-0.4, -0.2) is 52.5 Å². The van der Waals surface area contributed by atoms with Crippen molar-refractivity contribution in [1.82, 2.24) is 9.62 Å². The summed E-state index contributed by atoms with van der Waals surface area (Å²) in [5.74, 6) is -0.137. The van der Waals surface area contributed by atoms with Crippen LogP contribution in [0.1, 0.15) is 28.8 Å². The molecule has 0 radical (unpaired) electrons. The van der Waals surface area contributed by atoms with Crippen molar-refractivity contribution in [2.45, 2.75) is 24.7 Å². The molecule has 6 nitrogen and oxygen atoms in total. The minimum absolute atomic E-state index is 0. The molecule has 136 valence electrons. The van der Waals surface area contributed by atoms with Gasteiger partial charge in [-0.15, -0.1) is 12.4 Å². The zero-order valence-electron chi connectivity index (χ0n) is 14.2. The number of ether oxygens (including phenoxy) is 1. The van der Waals surface area contributed by atoms with Gasteiger partial charge in [0, 0.05) is 13.1 Å². The first-order valence-corrected chi connectivity index (χ1v) is 9.18. The van der Waals surface area contributed by atoms with E-state index in [1.165, 1.54) is 17.5 Å². The predicted octanol–water partition coefficient (Wildman–Crippen LogP) is 1.82. The average molecular weight is 377 g/mol. The van der Waals surface area contributed by atoms with E-state index < -0.39 is 16.0 Å². The molecule has 0 bridgehead atoms. The molecular formula is C16H25ClN2O4S. The summed E-state index contributed by atoms with van der Waals surface area (Å²) in [5.41, 5.74) is 0.918. The fraction of sp³-hybridized carbons (Fsp3) is 0.562. The van der Waals surface area contributed by atoms with Gasteiger partial charge >= 0.3 is 5.97 Å². The first kappa shape index (κ1) is 20.9. The fourth-order valence-corrected chi connectivity index (χ4v) is 4.55. The van der Waals surface area contributed by atoms with Gasteiger partial charge in [0.2, 0.25) is 10.0 Å². The molecule has 1 aliphatic rings. The van der Waals surface area contributed by atoms with Gasteiger partial charge in [-0.25, -0.2) is 13.2 Å². The normalized spacial score (nSPS) is 16.5. The second-order valence-corrected chi connectivity index (χ2v) is 7.80. The Morgan fingerprint density at radius 2 is 1.96 bits per heavy atom. The van der Waals surface area contributed by atoms with E-state index in [2.05, 4.69) is 5.32 Å². The van der Waals surface area contributed by atoms with E-state index in [0.717, 1.165) is 24.9 Å². The molecule has 1 aliphatic heterocycles. The maximum atomic E-state index is 12.9. The highest BCUT2D eigenvalue weighted by Crippen LogP contribution is 2.26. The highest BCUT2D eigenvalue weighted by atomic mass is 35.5. The third kappa shape index (κ3) is 4.47. The Kier molecular flexibility index (Phi) is 7.66. The van der Waals surface area contributed by atoms with E-state index >= 15 is 0 Å². The Morgan fingerprint density at radius 1 is 1.33 bits per heavy atom. The van der Waals surface area contributed by atoms with Crippen LogP contribution in [0.15, 0.2) is 23.1 Å². The molecule has 1 aromatic rings. The number of carbonyl (C=O) groups is 1. The summed E-state index contributed by atoms with van der Waals surface area (Å²) in [4.78, 5) is 12.0. The largest absolute Gasteiger partial charge is 0.465 e. The fourth-order valence-electron chi connectivity index (χ4n) is 2.92. The Hall–Kier alpha value is -1.15. The van der Waals surface area contributed by atoms with Crippen LogP contribution in [-0.2, 0) is 14.8 Å². The highest BCUT2D eigenvalue weighted by molar-refractivity contribution is 7.89. The quantitative estimate of drug-likeness (QED) is 0.793. The minimum atomic E-state index is -3.69. The van der Waals surface area contributed by atoms with Crippen molar-refractivity contribution < 1.29 is 17.9 Å². The summed E-state index contributed by atoms with van der Waals surface area (Å²) in [6.45, 7) is 3.66. The molecule has 0 atom stereocenters. The van der Waals surface area contributed by atoms with Crippen molar-refractivity contribution in [2.75, 3.05) is 33.8 Å². The van der Waals surface area contributed by atoms with Gasteiger partial charge in [-0.05, 0) is 51.4 Å². The number of esters is 1. The molecule has 1 N–H and O–H groups in total. The number of benzene rings is 1. The summed E-state index contributed by atoms with van der Waals surface area (Å²) in [6.07, 6.45) is 1.64. The van der Waals surface area contributed by atoms with Gasteiger partial charge in [-0.2, -0.15) is 4.31 Å². The van der Waals surface area contributed by atoms with Crippen LogP contribution >= 0.6 is 12.4 Å². The number of carbonyl (C=O) groups excluding carboxylic acids is 1. The number of nitrogens with one attached hydrogen (secondary N) is 1. The molecule has 1 fully saturated rings. The van der Waals surface area contributed by atoms with Crippen molar-refractivity contribution in [2.24, 2.45) is 5.92 Å². The Balaban J connectivity index is 0.00000288. The number of hydrogen-bond donors (Lipinski definition) is 1. The topological polar surface area (TPSA) is 75.7 Å². The molecule has 1 heterocycles. The molecule has 0 saturated carbocycles. The zero-order valence-corrected chi connectivity index (χ0v) is 15.9. The first-order valence-electron chi connectivity index (χ1n) is 7.74. The van der Waals surface area contributed by atoms with Gasteiger partial charge in [-0.3, -0.25) is 0 Å². The third-order valence-electron chi connectivity index (χ3n) is 4.22. The van der Waals surface area contributed by atoms with Crippen LogP contribution in [0.4, 0.5) is 0 Å². The van der Waals surface area contributed by atoms with Crippen LogP contribution in [0.3, 0.4) is 0 Å². The summed E-state index contributed by atoms with van der Waals surface area (Å²) in [6, 6.07) is 4.76. The summed E-state index contributed by atoms with van der Waals surface area (Å²) < 4.78 is 32.0. The van der Waals surface area contributed by atoms with Crippen molar-refractivity contribution in [3.05, 3.63) is 29.3 Å². The highest BCUT2D eigenvalue weighted by Gasteiger charge is 2.32. The number of hydrogen-bond acceptors (Lipinski definition) is 5. The summed E-state index contributed by atoms with van der Waals surface area (Å²) in [5, 5.41) is 3.13. The second kappa shape index (κ2) is 8.80. The van der Waals surface area contributed by atoms with E-state index in [4.69, 9.17) is 4.74 Å². The molecule has 0 aliphatic carbocycles. The van der Waals surface area contributed by atoms with Crippen LogP contribution < -0.4 is 5.32 Å². The van der Waals surface area contributed by atoms with Gasteiger partial charge in [0.05, 0.1) is 17.6 Å². The van der Waals surface area contributed by atoms with Crippen molar-refractivity contribution in [3.8, 4) is 0 Å². The van der Waals surface area contributed by atoms with E-state index in [9.17, 15) is 13.2 Å². The summed E-state index contributed by atoms with van der Waals surface area (Å²) in [7, 11) is -0.536. The molecule has 2 rings (SSSR count). The summed E-state index contributed by atoms with van der Waals surface area (Å²) >= 11 is 0. The third-order valence-corrected chi connectivity index (χ3v) is 6.18. The molecule has 0 amide bonds. The smallest absolute Gasteiger partial charge is 0.339 e. The van der Waals surface area contributed by atoms with Crippen LogP contribution in [0.5, 0.6) is 0 Å². The molecule has 1 saturated heterocycles. The number of sulfonamides is 1. The molecular weight excluding hydrogens is 352 g/mol. The number of aryl methyl sites for hydroxylation is 1.